The van der Waals surface area contributed by atoms with Crippen LogP contribution in [0, 0.1) is 5.92 Å². The second-order valence-electron chi connectivity index (χ2n) is 5.19. The standard InChI is InChI=1S/C15H23N3O3/c1-20-7-6-16-9-13-4-5-14(10-17-13)21-11-15(19)18-8-12-2-3-12/h4-5,10,12,16H,2-3,6-9,11H2,1H3,(H,18,19). The molecule has 0 saturated heterocycles. The Morgan fingerprint density at radius 1 is 1.43 bits per heavy atom. The van der Waals surface area contributed by atoms with E-state index in [0.29, 0.717) is 24.8 Å². The lowest BCUT2D eigenvalue weighted by Crippen LogP contribution is -2.30. The molecule has 1 fully saturated rings. The van der Waals surface area contributed by atoms with Gasteiger partial charge in [-0.25, -0.2) is 0 Å². The van der Waals surface area contributed by atoms with Crippen LogP contribution in [0.5, 0.6) is 5.75 Å². The minimum atomic E-state index is -0.0767. The Morgan fingerprint density at radius 2 is 2.29 bits per heavy atom. The fraction of sp³-hybridized carbons (Fsp3) is 0.600. The molecule has 1 saturated carbocycles. The van der Waals surface area contributed by atoms with Crippen molar-refractivity contribution in [3.05, 3.63) is 24.0 Å². The summed E-state index contributed by atoms with van der Waals surface area (Å²) in [6.07, 6.45) is 4.09. The average molecular weight is 293 g/mol. The van der Waals surface area contributed by atoms with E-state index in [2.05, 4.69) is 15.6 Å². The van der Waals surface area contributed by atoms with Gasteiger partial charge in [-0.05, 0) is 30.9 Å². The Bertz CT molecular complexity index is 432. The van der Waals surface area contributed by atoms with Crippen molar-refractivity contribution in [3.63, 3.8) is 0 Å². The number of methoxy groups -OCH3 is 1. The average Bonchev–Trinajstić information content (AvgIpc) is 3.33. The van der Waals surface area contributed by atoms with Crippen molar-refractivity contribution in [2.45, 2.75) is 19.4 Å². The predicted octanol–water partition coefficient (Wildman–Crippen LogP) is 0.723. The maximum atomic E-state index is 11.5. The van der Waals surface area contributed by atoms with Crippen LogP contribution in [-0.4, -0.2) is 44.3 Å². The quantitative estimate of drug-likeness (QED) is 0.622. The van der Waals surface area contributed by atoms with E-state index in [1.165, 1.54) is 12.8 Å². The third kappa shape index (κ3) is 6.55. The van der Waals surface area contributed by atoms with Gasteiger partial charge in [0, 0.05) is 26.7 Å². The monoisotopic (exact) mass is 293 g/mol. The van der Waals surface area contributed by atoms with Crippen molar-refractivity contribution in [2.75, 3.05) is 33.4 Å². The van der Waals surface area contributed by atoms with Gasteiger partial charge in [-0.2, -0.15) is 0 Å². The Balaban J connectivity index is 1.62. The van der Waals surface area contributed by atoms with Gasteiger partial charge in [-0.1, -0.05) is 0 Å². The van der Waals surface area contributed by atoms with Gasteiger partial charge in [-0.3, -0.25) is 9.78 Å². The molecular formula is C15H23N3O3. The lowest BCUT2D eigenvalue weighted by Gasteiger charge is -2.08. The van der Waals surface area contributed by atoms with Crippen LogP contribution in [0.4, 0.5) is 0 Å². The second kappa shape index (κ2) is 8.59. The molecule has 1 aromatic heterocycles. The van der Waals surface area contributed by atoms with Crippen molar-refractivity contribution in [1.29, 1.82) is 0 Å². The van der Waals surface area contributed by atoms with Gasteiger partial charge >= 0.3 is 0 Å². The molecule has 0 atom stereocenters. The van der Waals surface area contributed by atoms with Gasteiger partial charge < -0.3 is 20.1 Å². The smallest absolute Gasteiger partial charge is 0.257 e. The fourth-order valence-corrected chi connectivity index (χ4v) is 1.77. The summed E-state index contributed by atoms with van der Waals surface area (Å²) >= 11 is 0. The van der Waals surface area contributed by atoms with Crippen LogP contribution in [0.3, 0.4) is 0 Å². The maximum Gasteiger partial charge on any atom is 0.257 e. The van der Waals surface area contributed by atoms with Gasteiger partial charge in [-0.15, -0.1) is 0 Å². The Hall–Kier alpha value is -1.66. The minimum Gasteiger partial charge on any atom is -0.482 e. The van der Waals surface area contributed by atoms with Crippen LogP contribution in [0.15, 0.2) is 18.3 Å². The molecule has 21 heavy (non-hydrogen) atoms. The molecule has 1 aromatic rings. The summed E-state index contributed by atoms with van der Waals surface area (Å²) in [5.74, 6) is 1.21. The van der Waals surface area contributed by atoms with Gasteiger partial charge in [0.05, 0.1) is 18.5 Å². The number of hydrogen-bond donors (Lipinski definition) is 2. The maximum absolute atomic E-state index is 11.5. The Morgan fingerprint density at radius 3 is 2.95 bits per heavy atom. The molecule has 0 unspecified atom stereocenters. The first-order chi connectivity index (χ1) is 10.3. The first-order valence-corrected chi connectivity index (χ1v) is 7.32. The summed E-state index contributed by atoms with van der Waals surface area (Å²) in [5, 5.41) is 6.07. The number of amides is 1. The van der Waals surface area contributed by atoms with E-state index < -0.39 is 0 Å². The molecule has 2 N–H and O–H groups in total. The van der Waals surface area contributed by atoms with Crippen molar-refractivity contribution in [1.82, 2.24) is 15.6 Å². The zero-order valence-corrected chi connectivity index (χ0v) is 12.4. The predicted molar refractivity (Wildman–Crippen MR) is 79.0 cm³/mol. The van der Waals surface area contributed by atoms with E-state index in [1.807, 2.05) is 12.1 Å². The lowest BCUT2D eigenvalue weighted by molar-refractivity contribution is -0.123. The van der Waals surface area contributed by atoms with Crippen LogP contribution in [0.25, 0.3) is 0 Å². The molecule has 0 bridgehead atoms. The van der Waals surface area contributed by atoms with Crippen molar-refractivity contribution in [2.24, 2.45) is 5.92 Å². The van der Waals surface area contributed by atoms with Gasteiger partial charge in [0.1, 0.15) is 5.75 Å². The number of carbonyl (C=O) groups excluding carboxylic acids is 1. The van der Waals surface area contributed by atoms with E-state index in [0.717, 1.165) is 18.8 Å². The topological polar surface area (TPSA) is 72.5 Å². The normalized spacial score (nSPS) is 14.0. The molecule has 0 radical (unpaired) electrons. The SMILES string of the molecule is COCCNCc1ccc(OCC(=O)NCC2CC2)cn1. The van der Waals surface area contributed by atoms with Crippen LogP contribution in [-0.2, 0) is 16.1 Å². The number of hydrogen-bond acceptors (Lipinski definition) is 5. The van der Waals surface area contributed by atoms with Crippen molar-refractivity contribution < 1.29 is 14.3 Å². The molecule has 6 nitrogen and oxygen atoms in total. The number of nitrogens with zero attached hydrogens (tertiary/aromatic N) is 1. The van der Waals surface area contributed by atoms with Crippen LogP contribution in [0.2, 0.25) is 0 Å². The third-order valence-electron chi connectivity index (χ3n) is 3.24. The minimum absolute atomic E-state index is 0.0415. The molecule has 116 valence electrons. The molecule has 0 aromatic carbocycles. The van der Waals surface area contributed by atoms with Crippen LogP contribution in [0.1, 0.15) is 18.5 Å². The number of aromatic nitrogens is 1. The van der Waals surface area contributed by atoms with E-state index in [4.69, 9.17) is 9.47 Å². The summed E-state index contributed by atoms with van der Waals surface area (Å²) in [5.41, 5.74) is 0.927. The zero-order valence-electron chi connectivity index (χ0n) is 12.4. The second-order valence-corrected chi connectivity index (χ2v) is 5.19. The summed E-state index contributed by atoms with van der Waals surface area (Å²) in [6.45, 7) is 2.96. The molecule has 0 spiro atoms. The molecule has 2 rings (SSSR count). The Kier molecular flexibility index (Phi) is 6.43. The lowest BCUT2D eigenvalue weighted by atomic mass is 10.3. The van der Waals surface area contributed by atoms with Crippen molar-refractivity contribution in [3.8, 4) is 5.75 Å². The summed E-state index contributed by atoms with van der Waals surface area (Å²) in [7, 11) is 1.67. The van der Waals surface area contributed by atoms with Gasteiger partial charge in [0.2, 0.25) is 0 Å². The summed E-state index contributed by atoms with van der Waals surface area (Å²) < 4.78 is 10.4. The first kappa shape index (κ1) is 15.7. The number of ether oxygens (including phenoxy) is 2. The highest BCUT2D eigenvalue weighted by atomic mass is 16.5. The van der Waals surface area contributed by atoms with Crippen LogP contribution >= 0.6 is 0 Å². The van der Waals surface area contributed by atoms with Crippen LogP contribution < -0.4 is 15.4 Å². The van der Waals surface area contributed by atoms with Crippen molar-refractivity contribution >= 4 is 5.91 Å². The fourth-order valence-electron chi connectivity index (χ4n) is 1.77. The molecule has 1 amide bonds. The highest BCUT2D eigenvalue weighted by Crippen LogP contribution is 2.27. The molecule has 6 heteroatoms. The molecule has 0 aliphatic heterocycles. The first-order valence-electron chi connectivity index (χ1n) is 7.32. The number of pyridine rings is 1. The van der Waals surface area contributed by atoms with Gasteiger partial charge in [0.25, 0.3) is 5.91 Å². The van der Waals surface area contributed by atoms with E-state index in [9.17, 15) is 4.79 Å². The number of rotatable bonds is 10. The zero-order chi connectivity index (χ0) is 14.9. The largest absolute Gasteiger partial charge is 0.482 e. The van der Waals surface area contributed by atoms with E-state index in [-0.39, 0.29) is 12.5 Å². The molecule has 1 aliphatic rings. The molecule has 1 aliphatic carbocycles. The molecule has 1 heterocycles. The number of carbonyl (C=O) groups is 1. The van der Waals surface area contributed by atoms with E-state index >= 15 is 0 Å². The van der Waals surface area contributed by atoms with E-state index in [1.54, 1.807) is 13.3 Å². The highest BCUT2D eigenvalue weighted by molar-refractivity contribution is 5.77. The summed E-state index contributed by atoms with van der Waals surface area (Å²) in [6, 6.07) is 3.71. The Labute approximate surface area is 125 Å². The highest BCUT2D eigenvalue weighted by Gasteiger charge is 2.21. The molecular weight excluding hydrogens is 270 g/mol. The number of nitrogens with one attached hydrogen (secondary N) is 2. The van der Waals surface area contributed by atoms with Gasteiger partial charge in [0.15, 0.2) is 6.61 Å². The summed E-state index contributed by atoms with van der Waals surface area (Å²) in [4.78, 5) is 15.8. The third-order valence-corrected chi connectivity index (χ3v) is 3.24.